The van der Waals surface area contributed by atoms with E-state index in [-0.39, 0.29) is 11.6 Å². The van der Waals surface area contributed by atoms with E-state index in [0.29, 0.717) is 25.5 Å². The van der Waals surface area contributed by atoms with Crippen molar-refractivity contribution in [1.29, 1.82) is 5.26 Å². The van der Waals surface area contributed by atoms with Crippen molar-refractivity contribution in [1.82, 2.24) is 14.9 Å². The molecule has 1 amide bonds. The quantitative estimate of drug-likeness (QED) is 0.766. The molecule has 0 bridgehead atoms. The van der Waals surface area contributed by atoms with Crippen LogP contribution in [-0.2, 0) is 9.53 Å². The first-order chi connectivity index (χ1) is 10.8. The first-order valence-electron chi connectivity index (χ1n) is 7.24. The summed E-state index contributed by atoms with van der Waals surface area (Å²) in [6.07, 6.45) is 2.56. The third kappa shape index (κ3) is 3.15. The third-order valence-electron chi connectivity index (χ3n) is 3.75. The van der Waals surface area contributed by atoms with Gasteiger partial charge in [0.1, 0.15) is 6.07 Å². The van der Waals surface area contributed by atoms with Gasteiger partial charge in [-0.1, -0.05) is 0 Å². The van der Waals surface area contributed by atoms with E-state index in [4.69, 9.17) is 10.00 Å². The molecule has 1 aromatic rings. The van der Waals surface area contributed by atoms with Crippen molar-refractivity contribution < 1.29 is 9.53 Å². The van der Waals surface area contributed by atoms with Gasteiger partial charge < -0.3 is 14.5 Å². The van der Waals surface area contributed by atoms with E-state index in [1.165, 1.54) is 6.20 Å². The molecule has 0 radical (unpaired) electrons. The molecule has 0 aliphatic carbocycles. The second-order valence-corrected chi connectivity index (χ2v) is 6.31. The number of aromatic nitrogens is 2. The highest BCUT2D eigenvalue weighted by molar-refractivity contribution is 7.99. The van der Waals surface area contributed by atoms with Crippen LogP contribution in [0.4, 0.5) is 5.82 Å². The van der Waals surface area contributed by atoms with Crippen LogP contribution >= 0.6 is 11.8 Å². The van der Waals surface area contributed by atoms with Crippen LogP contribution in [-0.4, -0.2) is 71.2 Å². The second-order valence-electron chi connectivity index (χ2n) is 5.08. The van der Waals surface area contributed by atoms with Gasteiger partial charge in [-0.25, -0.2) is 9.97 Å². The lowest BCUT2D eigenvalue weighted by Gasteiger charge is -2.36. The number of hydrogen-bond donors (Lipinski definition) is 0. The minimum absolute atomic E-state index is 0.0346. The fraction of sp³-hybridized carbons (Fsp3) is 0.571. The van der Waals surface area contributed by atoms with Gasteiger partial charge in [0, 0.05) is 43.5 Å². The molecule has 2 aliphatic rings. The van der Waals surface area contributed by atoms with Gasteiger partial charge in [0.05, 0.1) is 13.2 Å². The van der Waals surface area contributed by atoms with Crippen LogP contribution in [0.15, 0.2) is 12.4 Å². The van der Waals surface area contributed by atoms with Crippen LogP contribution in [0.25, 0.3) is 0 Å². The number of nitrogens with zero attached hydrogens (tertiary/aromatic N) is 5. The van der Waals surface area contributed by atoms with E-state index >= 15 is 0 Å². The number of anilines is 1. The molecular formula is C14H17N5O2S. The summed E-state index contributed by atoms with van der Waals surface area (Å²) in [6.45, 7) is 3.01. The first-order valence-corrected chi connectivity index (χ1v) is 8.39. The highest BCUT2D eigenvalue weighted by Gasteiger charge is 2.32. The Morgan fingerprint density at radius 1 is 1.32 bits per heavy atom. The van der Waals surface area contributed by atoms with Crippen molar-refractivity contribution >= 4 is 23.5 Å². The average Bonchev–Trinajstić information content (AvgIpc) is 2.62. The van der Waals surface area contributed by atoms with Crippen LogP contribution < -0.4 is 4.90 Å². The predicted octanol–water partition coefficient (Wildman–Crippen LogP) is 0.129. The molecule has 3 rings (SSSR count). The number of hydrogen-bond acceptors (Lipinski definition) is 7. The maximum atomic E-state index is 12.5. The van der Waals surface area contributed by atoms with Crippen LogP contribution in [0.3, 0.4) is 0 Å². The van der Waals surface area contributed by atoms with E-state index < -0.39 is 6.10 Å². The van der Waals surface area contributed by atoms with E-state index in [1.807, 2.05) is 27.6 Å². The summed E-state index contributed by atoms with van der Waals surface area (Å²) >= 11 is 1.87. The molecule has 0 aromatic carbocycles. The molecule has 8 heteroatoms. The molecule has 1 aromatic heterocycles. The topological polar surface area (TPSA) is 82.4 Å². The van der Waals surface area contributed by atoms with Crippen molar-refractivity contribution in [3.63, 3.8) is 0 Å². The van der Waals surface area contributed by atoms with Gasteiger partial charge in [0.25, 0.3) is 5.91 Å². The Kier molecular flexibility index (Phi) is 4.75. The Morgan fingerprint density at radius 2 is 2.09 bits per heavy atom. The molecule has 0 saturated carbocycles. The molecule has 2 aliphatic heterocycles. The standard InChI is InChI=1S/C14H17N5O2S/c15-9-11-13(17-2-1-16-11)19-3-6-21-12(10-19)14(20)18-4-7-22-8-5-18/h1-2,12H,3-8,10H2. The van der Waals surface area contributed by atoms with Crippen molar-refractivity contribution in [2.75, 3.05) is 49.2 Å². The first kappa shape index (κ1) is 15.1. The minimum atomic E-state index is -0.495. The number of amides is 1. The highest BCUT2D eigenvalue weighted by atomic mass is 32.2. The third-order valence-corrected chi connectivity index (χ3v) is 4.69. The molecule has 1 unspecified atom stereocenters. The fourth-order valence-corrected chi connectivity index (χ4v) is 3.52. The van der Waals surface area contributed by atoms with E-state index in [2.05, 4.69) is 9.97 Å². The maximum absolute atomic E-state index is 12.5. The Bertz CT molecular complexity index is 585. The Hall–Kier alpha value is -1.85. The number of rotatable bonds is 2. The number of ether oxygens (including phenoxy) is 1. The average molecular weight is 319 g/mol. The van der Waals surface area contributed by atoms with Crippen LogP contribution in [0.2, 0.25) is 0 Å². The Morgan fingerprint density at radius 3 is 2.86 bits per heavy atom. The SMILES string of the molecule is N#Cc1nccnc1N1CCOC(C(=O)N2CCSCC2)C1. The molecule has 0 spiro atoms. The van der Waals surface area contributed by atoms with Crippen LogP contribution in [0.1, 0.15) is 5.69 Å². The van der Waals surface area contributed by atoms with E-state index in [9.17, 15) is 4.79 Å². The maximum Gasteiger partial charge on any atom is 0.253 e. The molecular weight excluding hydrogens is 302 g/mol. The van der Waals surface area contributed by atoms with Crippen molar-refractivity contribution in [3.8, 4) is 6.07 Å². The van der Waals surface area contributed by atoms with Gasteiger partial charge in [-0.3, -0.25) is 4.79 Å². The lowest BCUT2D eigenvalue weighted by atomic mass is 10.2. The summed E-state index contributed by atoms with van der Waals surface area (Å²) in [7, 11) is 0. The van der Waals surface area contributed by atoms with Crippen molar-refractivity contribution in [2.45, 2.75) is 6.10 Å². The number of carbonyl (C=O) groups is 1. The zero-order valence-corrected chi connectivity index (χ0v) is 13.0. The normalized spacial score (nSPS) is 22.2. The Labute approximate surface area is 133 Å². The summed E-state index contributed by atoms with van der Waals surface area (Å²) in [5.41, 5.74) is 0.282. The summed E-state index contributed by atoms with van der Waals surface area (Å²) in [5.74, 6) is 2.52. The van der Waals surface area contributed by atoms with E-state index in [1.54, 1.807) is 6.20 Å². The summed E-state index contributed by atoms with van der Waals surface area (Å²) in [5, 5.41) is 9.14. The molecule has 2 fully saturated rings. The van der Waals surface area contributed by atoms with Crippen molar-refractivity contribution in [3.05, 3.63) is 18.1 Å². The van der Waals surface area contributed by atoms with Gasteiger partial charge in [0.15, 0.2) is 17.6 Å². The zero-order valence-electron chi connectivity index (χ0n) is 12.1. The second kappa shape index (κ2) is 6.94. The van der Waals surface area contributed by atoms with Gasteiger partial charge in [0.2, 0.25) is 0 Å². The fourth-order valence-electron chi connectivity index (χ4n) is 2.62. The zero-order chi connectivity index (χ0) is 15.4. The predicted molar refractivity (Wildman–Crippen MR) is 82.6 cm³/mol. The van der Waals surface area contributed by atoms with Gasteiger partial charge in [-0.05, 0) is 0 Å². The van der Waals surface area contributed by atoms with Crippen LogP contribution in [0, 0.1) is 11.3 Å². The molecule has 1 atom stereocenters. The lowest BCUT2D eigenvalue weighted by Crippen LogP contribution is -2.53. The molecule has 7 nitrogen and oxygen atoms in total. The van der Waals surface area contributed by atoms with Gasteiger partial charge in [-0.15, -0.1) is 0 Å². The molecule has 0 N–H and O–H groups in total. The molecule has 22 heavy (non-hydrogen) atoms. The monoisotopic (exact) mass is 319 g/mol. The number of nitriles is 1. The number of morpholine rings is 1. The summed E-state index contributed by atoms with van der Waals surface area (Å²) in [4.78, 5) is 24.6. The largest absolute Gasteiger partial charge is 0.365 e. The molecule has 3 heterocycles. The smallest absolute Gasteiger partial charge is 0.253 e. The summed E-state index contributed by atoms with van der Waals surface area (Å²) < 4.78 is 5.65. The van der Waals surface area contributed by atoms with E-state index in [0.717, 1.165) is 24.6 Å². The number of carbonyl (C=O) groups excluding carboxylic acids is 1. The van der Waals surface area contributed by atoms with Gasteiger partial charge >= 0.3 is 0 Å². The Balaban J connectivity index is 1.71. The molecule has 116 valence electrons. The molecule has 2 saturated heterocycles. The minimum Gasteiger partial charge on any atom is -0.365 e. The summed E-state index contributed by atoms with van der Waals surface area (Å²) in [6, 6.07) is 2.05. The van der Waals surface area contributed by atoms with Gasteiger partial charge in [-0.2, -0.15) is 17.0 Å². The van der Waals surface area contributed by atoms with Crippen LogP contribution in [0.5, 0.6) is 0 Å². The van der Waals surface area contributed by atoms with Crippen molar-refractivity contribution in [2.24, 2.45) is 0 Å². The highest BCUT2D eigenvalue weighted by Crippen LogP contribution is 2.19. The lowest BCUT2D eigenvalue weighted by molar-refractivity contribution is -0.144. The number of thioether (sulfide) groups is 1.